The fourth-order valence-electron chi connectivity index (χ4n) is 1.80. The number of ketones is 1. The van der Waals surface area contributed by atoms with Crippen LogP contribution in [0.25, 0.3) is 0 Å². The number of halogens is 4. The van der Waals surface area contributed by atoms with Crippen LogP contribution in [0.1, 0.15) is 21.5 Å². The van der Waals surface area contributed by atoms with Crippen LogP contribution in [0.15, 0.2) is 46.9 Å². The SMILES string of the molecule is Nc1ccc(Br)cc1C(=O)c1ccccc1C(F)(F)F. The molecular formula is C14H9BrF3NO. The number of hydrogen-bond donors (Lipinski definition) is 1. The number of benzene rings is 2. The van der Waals surface area contributed by atoms with Crippen molar-refractivity contribution >= 4 is 27.4 Å². The minimum absolute atomic E-state index is 0.0380. The van der Waals surface area contributed by atoms with Crippen molar-refractivity contribution < 1.29 is 18.0 Å². The van der Waals surface area contributed by atoms with Crippen LogP contribution in [0.5, 0.6) is 0 Å². The summed E-state index contributed by atoms with van der Waals surface area (Å²) < 4.78 is 39.3. The number of anilines is 1. The quantitative estimate of drug-likeness (QED) is 0.653. The van der Waals surface area contributed by atoms with Crippen molar-refractivity contribution in [2.75, 3.05) is 5.73 Å². The Morgan fingerprint density at radius 3 is 2.35 bits per heavy atom. The second-order valence-corrected chi connectivity index (χ2v) is 5.02. The molecule has 0 radical (unpaired) electrons. The van der Waals surface area contributed by atoms with Gasteiger partial charge in [0, 0.05) is 21.3 Å². The highest BCUT2D eigenvalue weighted by Crippen LogP contribution is 2.33. The third-order valence-corrected chi connectivity index (χ3v) is 3.23. The molecule has 2 aromatic rings. The van der Waals surface area contributed by atoms with E-state index < -0.39 is 23.1 Å². The molecule has 0 saturated carbocycles. The summed E-state index contributed by atoms with van der Waals surface area (Å²) in [7, 11) is 0. The summed E-state index contributed by atoms with van der Waals surface area (Å²) in [5, 5.41) is 0. The molecule has 2 rings (SSSR count). The Bertz CT molecular complexity index is 668. The Labute approximate surface area is 121 Å². The van der Waals surface area contributed by atoms with Crippen LogP contribution < -0.4 is 5.73 Å². The van der Waals surface area contributed by atoms with Crippen LogP contribution in [0.4, 0.5) is 18.9 Å². The maximum Gasteiger partial charge on any atom is 0.417 e. The van der Waals surface area contributed by atoms with Gasteiger partial charge in [0.15, 0.2) is 5.78 Å². The molecule has 104 valence electrons. The predicted octanol–water partition coefficient (Wildman–Crippen LogP) is 4.28. The van der Waals surface area contributed by atoms with Gasteiger partial charge in [0.1, 0.15) is 0 Å². The van der Waals surface area contributed by atoms with E-state index in [9.17, 15) is 18.0 Å². The molecule has 0 aliphatic rings. The van der Waals surface area contributed by atoms with E-state index in [1.807, 2.05) is 0 Å². The van der Waals surface area contributed by atoms with E-state index in [4.69, 9.17) is 5.73 Å². The Balaban J connectivity index is 2.57. The third kappa shape index (κ3) is 2.85. The van der Waals surface area contributed by atoms with Gasteiger partial charge in [0.25, 0.3) is 0 Å². The summed E-state index contributed by atoms with van der Waals surface area (Å²) in [5.74, 6) is -0.753. The van der Waals surface area contributed by atoms with E-state index in [0.29, 0.717) is 4.47 Å². The minimum atomic E-state index is -4.59. The summed E-state index contributed by atoms with van der Waals surface area (Å²) in [6.07, 6.45) is -4.59. The first kappa shape index (κ1) is 14.6. The predicted molar refractivity (Wildman–Crippen MR) is 73.4 cm³/mol. The molecule has 0 atom stereocenters. The monoisotopic (exact) mass is 343 g/mol. The van der Waals surface area contributed by atoms with Gasteiger partial charge in [0.2, 0.25) is 0 Å². The first-order valence-electron chi connectivity index (χ1n) is 5.56. The molecule has 0 aliphatic heterocycles. The van der Waals surface area contributed by atoms with E-state index in [-0.39, 0.29) is 11.3 Å². The fraction of sp³-hybridized carbons (Fsp3) is 0.0714. The molecule has 0 amide bonds. The first-order valence-corrected chi connectivity index (χ1v) is 6.36. The van der Waals surface area contributed by atoms with Crippen molar-refractivity contribution in [3.05, 3.63) is 63.6 Å². The molecule has 0 saturated heterocycles. The van der Waals surface area contributed by atoms with Gasteiger partial charge in [-0.15, -0.1) is 0 Å². The standard InChI is InChI=1S/C14H9BrF3NO/c15-8-5-6-12(19)10(7-8)13(20)9-3-1-2-4-11(9)14(16,17)18/h1-7H,19H2. The molecule has 2 nitrogen and oxygen atoms in total. The van der Waals surface area contributed by atoms with Gasteiger partial charge in [-0.3, -0.25) is 4.79 Å². The van der Waals surface area contributed by atoms with Crippen LogP contribution in [0.3, 0.4) is 0 Å². The Morgan fingerprint density at radius 2 is 1.70 bits per heavy atom. The van der Waals surface area contributed by atoms with E-state index in [1.54, 1.807) is 6.07 Å². The number of nitrogens with two attached hydrogens (primary N) is 1. The molecule has 2 aromatic carbocycles. The van der Waals surface area contributed by atoms with E-state index in [1.165, 1.54) is 24.3 Å². The van der Waals surface area contributed by atoms with Gasteiger partial charge in [0.05, 0.1) is 5.56 Å². The van der Waals surface area contributed by atoms with Crippen LogP contribution in [-0.4, -0.2) is 5.78 Å². The van der Waals surface area contributed by atoms with Crippen molar-refractivity contribution in [3.8, 4) is 0 Å². The topological polar surface area (TPSA) is 43.1 Å². The number of rotatable bonds is 2. The average molecular weight is 344 g/mol. The molecule has 2 N–H and O–H groups in total. The smallest absolute Gasteiger partial charge is 0.398 e. The Hall–Kier alpha value is -1.82. The zero-order valence-corrected chi connectivity index (χ0v) is 11.6. The zero-order valence-electron chi connectivity index (χ0n) is 10.0. The van der Waals surface area contributed by atoms with Crippen molar-refractivity contribution in [3.63, 3.8) is 0 Å². The Morgan fingerprint density at radius 1 is 1.05 bits per heavy atom. The molecule has 0 aromatic heterocycles. The van der Waals surface area contributed by atoms with Gasteiger partial charge in [-0.2, -0.15) is 13.2 Å². The number of carbonyl (C=O) groups is 1. The lowest BCUT2D eigenvalue weighted by molar-refractivity contribution is -0.137. The normalized spacial score (nSPS) is 11.4. The fourth-order valence-corrected chi connectivity index (χ4v) is 2.16. The van der Waals surface area contributed by atoms with Crippen molar-refractivity contribution in [2.45, 2.75) is 6.18 Å². The summed E-state index contributed by atoms with van der Waals surface area (Å²) in [6.45, 7) is 0. The molecule has 0 spiro atoms. The lowest BCUT2D eigenvalue weighted by Gasteiger charge is -2.12. The summed E-state index contributed by atoms with van der Waals surface area (Å²) in [4.78, 5) is 12.3. The summed E-state index contributed by atoms with van der Waals surface area (Å²) >= 11 is 3.17. The second kappa shape index (κ2) is 5.28. The van der Waals surface area contributed by atoms with Crippen LogP contribution in [0.2, 0.25) is 0 Å². The molecule has 20 heavy (non-hydrogen) atoms. The van der Waals surface area contributed by atoms with Gasteiger partial charge in [-0.1, -0.05) is 34.1 Å². The van der Waals surface area contributed by atoms with Crippen LogP contribution >= 0.6 is 15.9 Å². The van der Waals surface area contributed by atoms with Gasteiger partial charge < -0.3 is 5.73 Å². The largest absolute Gasteiger partial charge is 0.417 e. The molecule has 0 bridgehead atoms. The highest BCUT2D eigenvalue weighted by molar-refractivity contribution is 9.10. The first-order chi connectivity index (χ1) is 9.30. The van der Waals surface area contributed by atoms with Gasteiger partial charge >= 0.3 is 6.18 Å². The lowest BCUT2D eigenvalue weighted by atomic mass is 9.97. The molecule has 6 heteroatoms. The number of hydrogen-bond acceptors (Lipinski definition) is 2. The molecular weight excluding hydrogens is 335 g/mol. The zero-order chi connectivity index (χ0) is 14.9. The molecule has 0 aliphatic carbocycles. The van der Waals surface area contributed by atoms with Crippen molar-refractivity contribution in [1.29, 1.82) is 0 Å². The molecule has 0 fully saturated rings. The van der Waals surface area contributed by atoms with Gasteiger partial charge in [-0.25, -0.2) is 0 Å². The Kier molecular flexibility index (Phi) is 3.85. The lowest BCUT2D eigenvalue weighted by Crippen LogP contribution is -2.14. The van der Waals surface area contributed by atoms with E-state index >= 15 is 0 Å². The highest BCUT2D eigenvalue weighted by Gasteiger charge is 2.35. The maximum atomic E-state index is 12.9. The molecule has 0 unspecified atom stereocenters. The van der Waals surface area contributed by atoms with E-state index in [2.05, 4.69) is 15.9 Å². The highest BCUT2D eigenvalue weighted by atomic mass is 79.9. The van der Waals surface area contributed by atoms with Crippen molar-refractivity contribution in [2.24, 2.45) is 0 Å². The van der Waals surface area contributed by atoms with Crippen LogP contribution in [0, 0.1) is 0 Å². The number of alkyl halides is 3. The van der Waals surface area contributed by atoms with Crippen molar-refractivity contribution in [1.82, 2.24) is 0 Å². The van der Waals surface area contributed by atoms with Crippen LogP contribution in [-0.2, 0) is 6.18 Å². The third-order valence-electron chi connectivity index (χ3n) is 2.74. The molecule has 0 heterocycles. The number of carbonyl (C=O) groups excluding carboxylic acids is 1. The second-order valence-electron chi connectivity index (χ2n) is 4.10. The maximum absolute atomic E-state index is 12.9. The number of nitrogen functional groups attached to an aromatic ring is 1. The minimum Gasteiger partial charge on any atom is -0.398 e. The van der Waals surface area contributed by atoms with E-state index in [0.717, 1.165) is 12.1 Å². The van der Waals surface area contributed by atoms with Gasteiger partial charge in [-0.05, 0) is 24.3 Å². The summed E-state index contributed by atoms with van der Waals surface area (Å²) in [6, 6.07) is 9.13. The average Bonchev–Trinajstić information content (AvgIpc) is 2.40. The summed E-state index contributed by atoms with van der Waals surface area (Å²) in [5.41, 5.74) is 4.46.